The van der Waals surface area contributed by atoms with E-state index in [2.05, 4.69) is 9.46 Å². The second kappa shape index (κ2) is 7.75. The van der Waals surface area contributed by atoms with E-state index in [4.69, 9.17) is 4.74 Å². The van der Waals surface area contributed by atoms with Crippen LogP contribution in [0.2, 0.25) is 0 Å². The van der Waals surface area contributed by atoms with E-state index < -0.39 is 16.0 Å². The number of nitrogens with one attached hydrogen (secondary N) is 1. The van der Waals surface area contributed by atoms with E-state index in [1.165, 1.54) is 31.4 Å². The number of rotatable bonds is 7. The van der Waals surface area contributed by atoms with Crippen LogP contribution in [0.4, 0.5) is 0 Å². The van der Waals surface area contributed by atoms with E-state index in [-0.39, 0.29) is 23.6 Å². The van der Waals surface area contributed by atoms with Gasteiger partial charge in [0.1, 0.15) is 12.4 Å². The van der Waals surface area contributed by atoms with Gasteiger partial charge in [-0.1, -0.05) is 24.3 Å². The number of methoxy groups -OCH3 is 1. The Hall–Kier alpha value is -2.38. The summed E-state index contributed by atoms with van der Waals surface area (Å²) in [7, 11) is -2.48. The third-order valence-electron chi connectivity index (χ3n) is 2.97. The first kappa shape index (κ1) is 17.0. The fraction of sp³-hybridized carbons (Fsp3) is 0.188. The van der Waals surface area contributed by atoms with Crippen molar-refractivity contribution in [1.29, 1.82) is 0 Å². The summed E-state index contributed by atoms with van der Waals surface area (Å²) in [6, 6.07) is 14.8. The molecule has 0 heterocycles. The first-order valence-electron chi connectivity index (χ1n) is 6.89. The van der Waals surface area contributed by atoms with Crippen molar-refractivity contribution in [3.63, 3.8) is 0 Å². The van der Waals surface area contributed by atoms with E-state index in [1.807, 2.05) is 18.2 Å². The van der Waals surface area contributed by atoms with Crippen LogP contribution in [0.25, 0.3) is 0 Å². The maximum absolute atomic E-state index is 12.2. The Morgan fingerprint density at radius 3 is 2.52 bits per heavy atom. The quantitative estimate of drug-likeness (QED) is 0.617. The summed E-state index contributed by atoms with van der Waals surface area (Å²) in [5, 5.41) is 0. The minimum atomic E-state index is -3.72. The molecule has 7 heteroatoms. The molecule has 0 spiro atoms. The molecule has 0 aliphatic carbocycles. The van der Waals surface area contributed by atoms with Crippen molar-refractivity contribution in [2.45, 2.75) is 4.90 Å². The van der Waals surface area contributed by atoms with Gasteiger partial charge in [-0.3, -0.25) is 0 Å². The number of ether oxygens (including phenoxy) is 2. The molecule has 0 bridgehead atoms. The highest BCUT2D eigenvalue weighted by Gasteiger charge is 2.16. The highest BCUT2D eigenvalue weighted by molar-refractivity contribution is 7.89. The van der Waals surface area contributed by atoms with Crippen LogP contribution in [-0.2, 0) is 14.8 Å². The summed E-state index contributed by atoms with van der Waals surface area (Å²) >= 11 is 0. The predicted octanol–water partition coefficient (Wildman–Crippen LogP) is 1.83. The fourth-order valence-corrected chi connectivity index (χ4v) is 2.91. The molecule has 0 saturated carbocycles. The van der Waals surface area contributed by atoms with Gasteiger partial charge in [0.05, 0.1) is 17.6 Å². The van der Waals surface area contributed by atoms with Crippen molar-refractivity contribution in [3.05, 3.63) is 60.2 Å². The molecule has 122 valence electrons. The van der Waals surface area contributed by atoms with Gasteiger partial charge in [0, 0.05) is 6.54 Å². The third-order valence-corrected chi connectivity index (χ3v) is 4.43. The van der Waals surface area contributed by atoms with Crippen LogP contribution in [0.5, 0.6) is 5.75 Å². The summed E-state index contributed by atoms with van der Waals surface area (Å²) in [6.45, 7) is 0.305. The average molecular weight is 335 g/mol. The van der Waals surface area contributed by atoms with Crippen LogP contribution in [0.3, 0.4) is 0 Å². The molecule has 0 unspecified atom stereocenters. The number of benzene rings is 2. The van der Waals surface area contributed by atoms with Gasteiger partial charge >= 0.3 is 5.97 Å². The van der Waals surface area contributed by atoms with Crippen LogP contribution < -0.4 is 9.46 Å². The van der Waals surface area contributed by atoms with Crippen molar-refractivity contribution in [2.24, 2.45) is 0 Å². The fourth-order valence-electron chi connectivity index (χ4n) is 1.85. The number of carbonyl (C=O) groups excluding carboxylic acids is 1. The molecule has 6 nitrogen and oxygen atoms in total. The lowest BCUT2D eigenvalue weighted by Gasteiger charge is -2.09. The molecule has 0 amide bonds. The number of para-hydroxylation sites is 1. The molecule has 23 heavy (non-hydrogen) atoms. The van der Waals surface area contributed by atoms with Gasteiger partial charge in [0.2, 0.25) is 10.0 Å². The first-order chi connectivity index (χ1) is 11.0. The third kappa shape index (κ3) is 4.80. The monoisotopic (exact) mass is 335 g/mol. The van der Waals surface area contributed by atoms with Crippen LogP contribution in [0.1, 0.15) is 10.4 Å². The Bertz CT molecular complexity index is 759. The Morgan fingerprint density at radius 2 is 1.83 bits per heavy atom. The number of carbonyl (C=O) groups is 1. The number of hydrogen-bond donors (Lipinski definition) is 1. The van der Waals surface area contributed by atoms with Gasteiger partial charge in [-0.25, -0.2) is 17.9 Å². The molecular weight excluding hydrogens is 318 g/mol. The van der Waals surface area contributed by atoms with Crippen LogP contribution >= 0.6 is 0 Å². The minimum absolute atomic E-state index is 0.000103. The van der Waals surface area contributed by atoms with Crippen LogP contribution in [0.15, 0.2) is 59.5 Å². The van der Waals surface area contributed by atoms with E-state index in [0.717, 1.165) is 0 Å². The van der Waals surface area contributed by atoms with Crippen molar-refractivity contribution in [1.82, 2.24) is 4.72 Å². The SMILES string of the molecule is COC(=O)c1cccc(S(=O)(=O)NCCOc2ccccc2)c1. The lowest BCUT2D eigenvalue weighted by molar-refractivity contribution is 0.0600. The Kier molecular flexibility index (Phi) is 5.72. The summed E-state index contributed by atoms with van der Waals surface area (Å²) in [4.78, 5) is 11.5. The lowest BCUT2D eigenvalue weighted by Crippen LogP contribution is -2.28. The smallest absolute Gasteiger partial charge is 0.337 e. The summed E-state index contributed by atoms with van der Waals surface area (Å²) in [6.07, 6.45) is 0. The number of hydrogen-bond acceptors (Lipinski definition) is 5. The summed E-state index contributed by atoms with van der Waals surface area (Å²) in [5.41, 5.74) is 0.177. The largest absolute Gasteiger partial charge is 0.492 e. The zero-order valence-electron chi connectivity index (χ0n) is 12.6. The van der Waals surface area contributed by atoms with Crippen LogP contribution in [0, 0.1) is 0 Å². The van der Waals surface area contributed by atoms with Crippen molar-refractivity contribution in [2.75, 3.05) is 20.3 Å². The molecular formula is C16H17NO5S. The number of sulfonamides is 1. The topological polar surface area (TPSA) is 81.7 Å². The molecule has 1 N–H and O–H groups in total. The molecule has 2 aromatic carbocycles. The number of esters is 1. The Morgan fingerprint density at radius 1 is 1.09 bits per heavy atom. The Labute approximate surface area is 135 Å². The van der Waals surface area contributed by atoms with Gasteiger partial charge in [-0.15, -0.1) is 0 Å². The van der Waals surface area contributed by atoms with E-state index in [0.29, 0.717) is 5.75 Å². The van der Waals surface area contributed by atoms with E-state index >= 15 is 0 Å². The van der Waals surface area contributed by atoms with Crippen molar-refractivity contribution in [3.8, 4) is 5.75 Å². The van der Waals surface area contributed by atoms with Crippen LogP contribution in [-0.4, -0.2) is 34.6 Å². The zero-order valence-corrected chi connectivity index (χ0v) is 13.4. The summed E-state index contributed by atoms with van der Waals surface area (Å²) in [5.74, 6) is 0.0776. The highest BCUT2D eigenvalue weighted by Crippen LogP contribution is 2.12. The summed E-state index contributed by atoms with van der Waals surface area (Å²) < 4.78 is 36.8. The Balaban J connectivity index is 1.95. The molecule has 2 aromatic rings. The maximum atomic E-state index is 12.2. The normalized spacial score (nSPS) is 11.0. The van der Waals surface area contributed by atoms with Gasteiger partial charge in [0.25, 0.3) is 0 Å². The molecule has 0 aromatic heterocycles. The second-order valence-corrected chi connectivity index (χ2v) is 6.35. The molecule has 0 aliphatic heterocycles. The maximum Gasteiger partial charge on any atom is 0.337 e. The zero-order chi connectivity index (χ0) is 16.7. The molecule has 0 aliphatic rings. The van der Waals surface area contributed by atoms with Gasteiger partial charge in [0.15, 0.2) is 0 Å². The van der Waals surface area contributed by atoms with E-state index in [1.54, 1.807) is 12.1 Å². The molecule has 0 fully saturated rings. The minimum Gasteiger partial charge on any atom is -0.492 e. The molecule has 2 rings (SSSR count). The molecule has 0 atom stereocenters. The van der Waals surface area contributed by atoms with Crippen molar-refractivity contribution < 1.29 is 22.7 Å². The lowest BCUT2D eigenvalue weighted by atomic mass is 10.2. The second-order valence-electron chi connectivity index (χ2n) is 4.58. The first-order valence-corrected chi connectivity index (χ1v) is 8.37. The standard InChI is InChI=1S/C16H17NO5S/c1-21-16(18)13-6-5-9-15(12-13)23(19,20)17-10-11-22-14-7-3-2-4-8-14/h2-9,12,17H,10-11H2,1H3. The van der Waals surface area contributed by atoms with Crippen molar-refractivity contribution >= 4 is 16.0 Å². The van der Waals surface area contributed by atoms with E-state index in [9.17, 15) is 13.2 Å². The molecule has 0 radical (unpaired) electrons. The molecule has 0 saturated heterocycles. The van der Waals surface area contributed by atoms with Gasteiger partial charge < -0.3 is 9.47 Å². The van der Waals surface area contributed by atoms with Gasteiger partial charge in [-0.2, -0.15) is 0 Å². The predicted molar refractivity (Wildman–Crippen MR) is 84.9 cm³/mol. The average Bonchev–Trinajstić information content (AvgIpc) is 2.59. The van der Waals surface area contributed by atoms with Gasteiger partial charge in [-0.05, 0) is 30.3 Å². The highest BCUT2D eigenvalue weighted by atomic mass is 32.2.